The van der Waals surface area contributed by atoms with E-state index in [1.54, 1.807) is 19.1 Å². The molecule has 1 aliphatic heterocycles. The molecule has 0 radical (unpaired) electrons. The van der Waals surface area contributed by atoms with Crippen molar-refractivity contribution in [2.75, 3.05) is 111 Å². The van der Waals surface area contributed by atoms with Crippen molar-refractivity contribution in [3.8, 4) is 0 Å². The summed E-state index contributed by atoms with van der Waals surface area (Å²) in [6, 6.07) is 5.72. The number of hydrogen-bond acceptors (Lipinski definition) is 14. The molecule has 1 aliphatic rings. The molecule has 0 saturated carbocycles. The van der Waals surface area contributed by atoms with Gasteiger partial charge in [0.05, 0.1) is 79.3 Å². The number of benzene rings is 1. The summed E-state index contributed by atoms with van der Waals surface area (Å²) in [4.78, 5) is 83.6. The van der Waals surface area contributed by atoms with Crippen LogP contribution in [0.15, 0.2) is 36.4 Å². The number of ether oxygens (including phenoxy) is 6. The van der Waals surface area contributed by atoms with Crippen molar-refractivity contribution in [1.29, 1.82) is 0 Å². The maximum atomic E-state index is 12.9. The second-order valence-corrected chi connectivity index (χ2v) is 13.2. The van der Waals surface area contributed by atoms with Gasteiger partial charge in [-0.2, -0.15) is 0 Å². The summed E-state index contributed by atoms with van der Waals surface area (Å²) in [6.07, 6.45) is 2.45. The number of nitrogens with one attached hydrogen (secondary N) is 4. The lowest BCUT2D eigenvalue weighted by Crippen LogP contribution is -2.53. The fraction of sp³-hybridized carbons (Fsp3) is 0.641. The number of carbonyl (C=O) groups excluding carboxylic acids is 6. The van der Waals surface area contributed by atoms with E-state index >= 15 is 0 Å². The van der Waals surface area contributed by atoms with E-state index in [1.165, 1.54) is 12.2 Å². The maximum Gasteiger partial charge on any atom is 0.253 e. The molecule has 19 nitrogen and oxygen atoms in total. The van der Waals surface area contributed by atoms with Gasteiger partial charge in [-0.25, -0.2) is 9.78 Å². The number of imide groups is 1. The van der Waals surface area contributed by atoms with Crippen LogP contribution in [-0.4, -0.2) is 158 Å². The Kier molecular flexibility index (Phi) is 26.4. The van der Waals surface area contributed by atoms with E-state index in [2.05, 4.69) is 21.3 Å². The normalized spacial score (nSPS) is 13.5. The van der Waals surface area contributed by atoms with Gasteiger partial charge in [0.25, 0.3) is 11.8 Å². The number of aryl methyl sites for hydroxylation is 1. The zero-order valence-electron chi connectivity index (χ0n) is 34.1. The Labute approximate surface area is 340 Å². The molecule has 2 rings (SSSR count). The fourth-order valence-electron chi connectivity index (χ4n) is 4.80. The van der Waals surface area contributed by atoms with Crippen LogP contribution in [0, 0.1) is 12.8 Å². The molecule has 0 aromatic heterocycles. The van der Waals surface area contributed by atoms with Crippen LogP contribution in [0.1, 0.15) is 39.2 Å². The topological polar surface area (TPSA) is 228 Å². The highest BCUT2D eigenvalue weighted by Crippen LogP contribution is 2.10. The number of amides is 6. The highest BCUT2D eigenvalue weighted by Gasteiger charge is 2.27. The molecule has 0 fully saturated rings. The molecule has 1 aromatic carbocycles. The molecular weight excluding hydrogens is 762 g/mol. The Morgan fingerprint density at radius 1 is 0.586 bits per heavy atom. The van der Waals surface area contributed by atoms with Crippen LogP contribution < -0.4 is 21.3 Å². The third-order valence-electron chi connectivity index (χ3n) is 8.04. The van der Waals surface area contributed by atoms with E-state index in [1.807, 2.05) is 32.9 Å². The minimum absolute atomic E-state index is 0.0242. The first-order valence-corrected chi connectivity index (χ1v) is 19.5. The highest BCUT2D eigenvalue weighted by molar-refractivity contribution is 6.13. The summed E-state index contributed by atoms with van der Waals surface area (Å²) in [5, 5.41) is 10.8. The van der Waals surface area contributed by atoms with Crippen molar-refractivity contribution >= 4 is 41.1 Å². The number of carbonyl (C=O) groups is 6. The SMILES string of the molecule is Cc1ccc(NC(=O)[C@H](C)NC(=O)[C@@H](NC(=O)CCOCCOCCOCCOCCOCCOOCCOCCNC(=O)CCN2C(=O)C=CC2=O)C(C)C)cc1. The van der Waals surface area contributed by atoms with E-state index in [4.69, 9.17) is 38.2 Å². The molecule has 1 heterocycles. The average Bonchev–Trinajstić information content (AvgIpc) is 3.52. The summed E-state index contributed by atoms with van der Waals surface area (Å²) in [5.41, 5.74) is 1.70. The predicted octanol–water partition coefficient (Wildman–Crippen LogP) is 0.448. The van der Waals surface area contributed by atoms with Gasteiger partial charge < -0.3 is 49.7 Å². The third kappa shape index (κ3) is 23.2. The quantitative estimate of drug-likeness (QED) is 0.0321. The fourth-order valence-corrected chi connectivity index (χ4v) is 4.80. The van der Waals surface area contributed by atoms with Gasteiger partial charge in [0.1, 0.15) is 25.3 Å². The van der Waals surface area contributed by atoms with Crippen molar-refractivity contribution in [1.82, 2.24) is 20.9 Å². The first kappa shape index (κ1) is 49.8. The molecule has 4 N–H and O–H groups in total. The molecule has 0 unspecified atom stereocenters. The molecule has 2 atom stereocenters. The van der Waals surface area contributed by atoms with E-state index in [0.717, 1.165) is 10.5 Å². The predicted molar refractivity (Wildman–Crippen MR) is 209 cm³/mol. The molecule has 0 bridgehead atoms. The summed E-state index contributed by atoms with van der Waals surface area (Å²) in [5.74, 6) is -2.45. The lowest BCUT2D eigenvalue weighted by Gasteiger charge is -2.24. The first-order valence-electron chi connectivity index (χ1n) is 19.5. The van der Waals surface area contributed by atoms with E-state index in [-0.39, 0.29) is 82.6 Å². The maximum absolute atomic E-state index is 12.9. The monoisotopic (exact) mass is 823 g/mol. The molecule has 0 aliphatic carbocycles. The lowest BCUT2D eigenvalue weighted by molar-refractivity contribution is -0.303. The Morgan fingerprint density at radius 2 is 1.07 bits per heavy atom. The van der Waals surface area contributed by atoms with Crippen molar-refractivity contribution < 1.29 is 67.0 Å². The van der Waals surface area contributed by atoms with Gasteiger partial charge in [0, 0.05) is 43.8 Å². The second kappa shape index (κ2) is 30.7. The highest BCUT2D eigenvalue weighted by atomic mass is 17.2. The van der Waals surface area contributed by atoms with E-state index in [9.17, 15) is 28.8 Å². The molecule has 6 amide bonds. The zero-order valence-corrected chi connectivity index (χ0v) is 34.1. The number of hydrogen-bond donors (Lipinski definition) is 4. The van der Waals surface area contributed by atoms with Gasteiger partial charge in [-0.3, -0.25) is 33.7 Å². The van der Waals surface area contributed by atoms with Crippen LogP contribution in [0.3, 0.4) is 0 Å². The van der Waals surface area contributed by atoms with Crippen LogP contribution in [-0.2, 0) is 67.0 Å². The molecule has 326 valence electrons. The van der Waals surface area contributed by atoms with Crippen molar-refractivity contribution in [3.05, 3.63) is 42.0 Å². The van der Waals surface area contributed by atoms with Crippen LogP contribution in [0.2, 0.25) is 0 Å². The summed E-state index contributed by atoms with van der Waals surface area (Å²) >= 11 is 0. The van der Waals surface area contributed by atoms with Crippen LogP contribution >= 0.6 is 0 Å². The van der Waals surface area contributed by atoms with Crippen molar-refractivity contribution in [2.24, 2.45) is 5.92 Å². The lowest BCUT2D eigenvalue weighted by atomic mass is 10.0. The smallest absolute Gasteiger partial charge is 0.253 e. The third-order valence-corrected chi connectivity index (χ3v) is 8.04. The van der Waals surface area contributed by atoms with Crippen LogP contribution in [0.4, 0.5) is 5.69 Å². The van der Waals surface area contributed by atoms with Gasteiger partial charge >= 0.3 is 0 Å². The summed E-state index contributed by atoms with van der Waals surface area (Å²) in [6.45, 7) is 11.9. The molecule has 0 saturated heterocycles. The minimum Gasteiger partial charge on any atom is -0.379 e. The summed E-state index contributed by atoms with van der Waals surface area (Å²) in [7, 11) is 0. The molecule has 58 heavy (non-hydrogen) atoms. The van der Waals surface area contributed by atoms with Gasteiger partial charge in [-0.15, -0.1) is 0 Å². The van der Waals surface area contributed by atoms with E-state index < -0.39 is 29.8 Å². The molecule has 19 heteroatoms. The molecule has 1 aromatic rings. The minimum atomic E-state index is -0.806. The first-order chi connectivity index (χ1) is 28.0. The van der Waals surface area contributed by atoms with Crippen molar-refractivity contribution in [2.45, 2.75) is 52.6 Å². The Bertz CT molecular complexity index is 1390. The van der Waals surface area contributed by atoms with Gasteiger partial charge in [0.2, 0.25) is 23.6 Å². The molecular formula is C39H61N5O14. The second-order valence-electron chi connectivity index (χ2n) is 13.2. The Hall–Kier alpha value is -4.34. The standard InChI is InChI=1S/C39H61N5O14/c1-29(2)37(39(50)41-31(4)38(49)42-32-7-5-30(3)6-8-32)43-34(46)12-15-51-17-18-53-19-20-54-21-22-55-23-24-56-26-28-58-57-27-25-52-16-13-40-33(45)11-14-44-35(47)9-10-36(44)48/h5-10,29,31,37H,11-28H2,1-4H3,(H,40,45)(H,41,50)(H,42,49)(H,43,46)/t31-,37-/m0/s1. The Morgan fingerprint density at radius 3 is 1.59 bits per heavy atom. The Balaban J connectivity index is 1.30. The molecule has 0 spiro atoms. The van der Waals surface area contributed by atoms with Gasteiger partial charge in [-0.1, -0.05) is 31.5 Å². The van der Waals surface area contributed by atoms with Crippen molar-refractivity contribution in [3.63, 3.8) is 0 Å². The number of nitrogens with zero attached hydrogens (tertiary/aromatic N) is 1. The van der Waals surface area contributed by atoms with Crippen LogP contribution in [0.5, 0.6) is 0 Å². The zero-order chi connectivity index (χ0) is 42.4. The van der Waals surface area contributed by atoms with Crippen LogP contribution in [0.25, 0.3) is 0 Å². The number of anilines is 1. The van der Waals surface area contributed by atoms with E-state index in [0.29, 0.717) is 65.1 Å². The average molecular weight is 824 g/mol. The van der Waals surface area contributed by atoms with Gasteiger partial charge in [-0.05, 0) is 31.9 Å². The largest absolute Gasteiger partial charge is 0.379 e. The van der Waals surface area contributed by atoms with Gasteiger partial charge in [0.15, 0.2) is 0 Å². The summed E-state index contributed by atoms with van der Waals surface area (Å²) < 4.78 is 32.6. The number of rotatable bonds is 34.